The summed E-state index contributed by atoms with van der Waals surface area (Å²) in [5.74, 6) is -0.625. The van der Waals surface area contributed by atoms with Gasteiger partial charge in [0.15, 0.2) is 12.3 Å². The maximum absolute atomic E-state index is 12.9. The Balaban J connectivity index is 1.39. The molecule has 0 radical (unpaired) electrons. The molecule has 2 aromatic rings. The number of carbonyl (C=O) groups is 3. The lowest BCUT2D eigenvalue weighted by atomic mass is 10.0. The third-order valence-electron chi connectivity index (χ3n) is 5.16. The second-order valence-corrected chi connectivity index (χ2v) is 7.23. The molecule has 30 heavy (non-hydrogen) atoms. The van der Waals surface area contributed by atoms with Gasteiger partial charge < -0.3 is 25.0 Å². The smallest absolute Gasteiger partial charge is 0.408 e. The monoisotopic (exact) mass is 409 g/mol. The molecule has 0 unspecified atom stereocenters. The zero-order valence-corrected chi connectivity index (χ0v) is 16.3. The van der Waals surface area contributed by atoms with E-state index in [2.05, 4.69) is 10.6 Å². The van der Waals surface area contributed by atoms with Crippen LogP contribution in [-0.4, -0.2) is 54.3 Å². The van der Waals surface area contributed by atoms with Crippen molar-refractivity contribution >= 4 is 17.9 Å². The van der Waals surface area contributed by atoms with Crippen LogP contribution in [0.15, 0.2) is 60.7 Å². The number of carbonyl (C=O) groups excluding carboxylic acids is 3. The molecule has 2 aliphatic rings. The summed E-state index contributed by atoms with van der Waals surface area (Å²) in [6.45, 7) is 1.09. The largest absolute Gasteiger partial charge is 0.445 e. The van der Waals surface area contributed by atoms with Gasteiger partial charge in [-0.1, -0.05) is 60.7 Å². The molecule has 0 spiro atoms. The Hall–Kier alpha value is -3.39. The molecule has 156 valence electrons. The van der Waals surface area contributed by atoms with Crippen molar-refractivity contribution in [2.45, 2.75) is 31.3 Å². The van der Waals surface area contributed by atoms with Gasteiger partial charge in [-0.2, -0.15) is 0 Å². The van der Waals surface area contributed by atoms with Gasteiger partial charge in [-0.05, 0) is 11.1 Å². The SMILES string of the molecule is O=C(N[C@@H](Cc1ccccc1)C(=O)N[C@@H]1C(=O)N2CCO[C@H]12)OCc1ccccc1. The highest BCUT2D eigenvalue weighted by Crippen LogP contribution is 2.25. The number of hydrogen-bond donors (Lipinski definition) is 2. The lowest BCUT2D eigenvalue weighted by Gasteiger charge is -2.41. The molecule has 2 N–H and O–H groups in total. The number of alkyl carbamates (subject to hydrolysis) is 1. The van der Waals surface area contributed by atoms with Gasteiger partial charge in [0.25, 0.3) is 5.91 Å². The Morgan fingerprint density at radius 2 is 1.73 bits per heavy atom. The van der Waals surface area contributed by atoms with Crippen molar-refractivity contribution in [2.75, 3.05) is 13.2 Å². The van der Waals surface area contributed by atoms with Crippen LogP contribution in [0.3, 0.4) is 0 Å². The van der Waals surface area contributed by atoms with Gasteiger partial charge >= 0.3 is 6.09 Å². The number of hydrogen-bond acceptors (Lipinski definition) is 5. The highest BCUT2D eigenvalue weighted by Gasteiger charge is 2.52. The van der Waals surface area contributed by atoms with Crippen LogP contribution in [0.2, 0.25) is 0 Å². The minimum atomic E-state index is -0.890. The molecule has 2 heterocycles. The zero-order valence-electron chi connectivity index (χ0n) is 16.3. The Bertz CT molecular complexity index is 906. The maximum atomic E-state index is 12.9. The van der Waals surface area contributed by atoms with E-state index in [0.717, 1.165) is 11.1 Å². The molecule has 2 fully saturated rings. The molecule has 4 rings (SSSR count). The van der Waals surface area contributed by atoms with Crippen molar-refractivity contribution in [1.82, 2.24) is 15.5 Å². The van der Waals surface area contributed by atoms with Gasteiger partial charge in [0.05, 0.1) is 6.61 Å². The number of amides is 3. The van der Waals surface area contributed by atoms with Gasteiger partial charge in [0, 0.05) is 13.0 Å². The van der Waals surface area contributed by atoms with Crippen LogP contribution in [0.4, 0.5) is 4.79 Å². The average Bonchev–Trinajstić information content (AvgIpc) is 3.22. The first kappa shape index (κ1) is 19.9. The van der Waals surface area contributed by atoms with Crippen molar-refractivity contribution in [3.05, 3.63) is 71.8 Å². The molecule has 0 saturated carbocycles. The number of rotatable bonds is 7. The Kier molecular flexibility index (Phi) is 5.94. The Morgan fingerprint density at radius 3 is 2.43 bits per heavy atom. The van der Waals surface area contributed by atoms with Crippen LogP contribution in [-0.2, 0) is 32.1 Å². The molecular formula is C22H23N3O5. The lowest BCUT2D eigenvalue weighted by Crippen LogP contribution is -2.70. The van der Waals surface area contributed by atoms with Gasteiger partial charge in [-0.15, -0.1) is 0 Å². The van der Waals surface area contributed by atoms with E-state index in [4.69, 9.17) is 9.47 Å². The van der Waals surface area contributed by atoms with E-state index in [9.17, 15) is 14.4 Å². The quantitative estimate of drug-likeness (QED) is 0.670. The third kappa shape index (κ3) is 4.44. The third-order valence-corrected chi connectivity index (χ3v) is 5.16. The molecular weight excluding hydrogens is 386 g/mol. The first-order chi connectivity index (χ1) is 14.6. The van der Waals surface area contributed by atoms with Crippen molar-refractivity contribution < 1.29 is 23.9 Å². The highest BCUT2D eigenvalue weighted by atomic mass is 16.5. The van der Waals surface area contributed by atoms with E-state index in [-0.39, 0.29) is 18.9 Å². The summed E-state index contributed by atoms with van der Waals surface area (Å²) in [7, 11) is 0. The molecule has 0 bridgehead atoms. The number of nitrogens with zero attached hydrogens (tertiary/aromatic N) is 1. The van der Waals surface area contributed by atoms with Crippen LogP contribution < -0.4 is 10.6 Å². The predicted molar refractivity (Wildman–Crippen MR) is 107 cm³/mol. The summed E-state index contributed by atoms with van der Waals surface area (Å²) in [4.78, 5) is 39.0. The topological polar surface area (TPSA) is 97.0 Å². The first-order valence-electron chi connectivity index (χ1n) is 9.85. The molecule has 3 amide bonds. The minimum Gasteiger partial charge on any atom is -0.445 e. The lowest BCUT2D eigenvalue weighted by molar-refractivity contribution is -0.165. The molecule has 2 aromatic carbocycles. The van der Waals surface area contributed by atoms with Gasteiger partial charge in [-0.3, -0.25) is 9.59 Å². The summed E-state index contributed by atoms with van der Waals surface area (Å²) in [5, 5.41) is 5.34. The highest BCUT2D eigenvalue weighted by molar-refractivity contribution is 5.95. The standard InChI is InChI=1S/C22H23N3O5/c26-19(24-18-20(27)25-11-12-29-21(18)25)17(13-15-7-3-1-4-8-15)23-22(28)30-14-16-9-5-2-6-10-16/h1-10,17-18,21H,11-14H2,(H,23,28)(H,24,26)/t17-,18+,21+/m0/s1. The van der Waals surface area contributed by atoms with Gasteiger partial charge in [-0.25, -0.2) is 4.79 Å². The fourth-order valence-corrected chi connectivity index (χ4v) is 3.57. The van der Waals surface area contributed by atoms with Crippen LogP contribution >= 0.6 is 0 Å². The maximum Gasteiger partial charge on any atom is 0.408 e. The average molecular weight is 409 g/mol. The van der Waals surface area contributed by atoms with E-state index >= 15 is 0 Å². The number of nitrogens with one attached hydrogen (secondary N) is 2. The Labute approximate surface area is 174 Å². The normalized spacial score (nSPS) is 20.7. The summed E-state index contributed by atoms with van der Waals surface area (Å²) >= 11 is 0. The number of fused-ring (bicyclic) bond motifs is 1. The molecule has 2 aliphatic heterocycles. The van der Waals surface area contributed by atoms with Crippen molar-refractivity contribution in [2.24, 2.45) is 0 Å². The van der Waals surface area contributed by atoms with Crippen LogP contribution in [0.25, 0.3) is 0 Å². The second kappa shape index (κ2) is 8.96. The van der Waals surface area contributed by atoms with Gasteiger partial charge in [0.2, 0.25) is 5.91 Å². The van der Waals surface area contributed by atoms with Crippen molar-refractivity contribution in [1.29, 1.82) is 0 Å². The van der Waals surface area contributed by atoms with E-state index in [0.29, 0.717) is 13.2 Å². The van der Waals surface area contributed by atoms with E-state index in [1.54, 1.807) is 4.90 Å². The van der Waals surface area contributed by atoms with Crippen molar-refractivity contribution in [3.63, 3.8) is 0 Å². The van der Waals surface area contributed by atoms with Gasteiger partial charge in [0.1, 0.15) is 12.6 Å². The number of ether oxygens (including phenoxy) is 2. The van der Waals surface area contributed by atoms with E-state index < -0.39 is 30.3 Å². The summed E-state index contributed by atoms with van der Waals surface area (Å²) in [6, 6.07) is 17.0. The van der Waals surface area contributed by atoms with E-state index in [1.165, 1.54) is 0 Å². The Morgan fingerprint density at radius 1 is 1.07 bits per heavy atom. The summed E-state index contributed by atoms with van der Waals surface area (Å²) in [6.07, 6.45) is -0.860. The number of benzene rings is 2. The molecule has 0 aliphatic carbocycles. The minimum absolute atomic E-state index is 0.0956. The fraction of sp³-hybridized carbons (Fsp3) is 0.318. The zero-order chi connectivity index (χ0) is 20.9. The number of β-lactam (4-membered cyclic amide) rings is 1. The second-order valence-electron chi connectivity index (χ2n) is 7.23. The first-order valence-corrected chi connectivity index (χ1v) is 9.85. The molecule has 8 heteroatoms. The van der Waals surface area contributed by atoms with E-state index in [1.807, 2.05) is 60.7 Å². The molecule has 2 saturated heterocycles. The summed E-state index contributed by atoms with van der Waals surface area (Å²) in [5.41, 5.74) is 1.72. The van der Waals surface area contributed by atoms with Crippen LogP contribution in [0, 0.1) is 0 Å². The predicted octanol–water partition coefficient (Wildman–Crippen LogP) is 1.21. The molecule has 3 atom stereocenters. The molecule has 8 nitrogen and oxygen atoms in total. The van der Waals surface area contributed by atoms with Crippen LogP contribution in [0.1, 0.15) is 11.1 Å². The summed E-state index contributed by atoms with van der Waals surface area (Å²) < 4.78 is 10.7. The fourth-order valence-electron chi connectivity index (χ4n) is 3.57. The van der Waals surface area contributed by atoms with Crippen molar-refractivity contribution in [3.8, 4) is 0 Å². The van der Waals surface area contributed by atoms with Crippen LogP contribution in [0.5, 0.6) is 0 Å². The molecule has 0 aromatic heterocycles.